The van der Waals surface area contributed by atoms with Gasteiger partial charge in [0.1, 0.15) is 28.0 Å². The van der Waals surface area contributed by atoms with E-state index in [9.17, 15) is 43.0 Å². The highest BCUT2D eigenvalue weighted by Gasteiger charge is 2.47. The summed E-state index contributed by atoms with van der Waals surface area (Å²) in [7, 11) is -3.63. The zero-order valence-corrected chi connectivity index (χ0v) is 18.4. The van der Waals surface area contributed by atoms with Crippen molar-refractivity contribution in [3.63, 3.8) is 0 Å². The number of non-ortho nitro benzene ring substituents is 1. The lowest BCUT2D eigenvalue weighted by Gasteiger charge is -2.24. The van der Waals surface area contributed by atoms with Crippen LogP contribution in [-0.2, 0) is 26.0 Å². The number of hydrogen-bond donors (Lipinski definition) is 0. The lowest BCUT2D eigenvalue weighted by Crippen LogP contribution is -2.46. The van der Waals surface area contributed by atoms with Gasteiger partial charge in [-0.3, -0.25) is 34.7 Å². The molecule has 1 aliphatic heterocycles. The quantitative estimate of drug-likeness (QED) is 0.216. The monoisotopic (exact) mass is 491 g/mol. The highest BCUT2D eigenvalue weighted by Crippen LogP contribution is 2.33. The van der Waals surface area contributed by atoms with E-state index in [0.29, 0.717) is 4.90 Å². The number of fused-ring (bicyclic) bond motifs is 1. The topological polar surface area (TPSA) is 184 Å². The maximum atomic E-state index is 13.0. The number of sulfone groups is 1. The van der Waals surface area contributed by atoms with Gasteiger partial charge in [0, 0.05) is 24.5 Å². The Kier molecular flexibility index (Phi) is 6.72. The first kappa shape index (κ1) is 24.4. The summed E-state index contributed by atoms with van der Waals surface area (Å²) in [5.41, 5.74) is -1.45. The van der Waals surface area contributed by atoms with E-state index >= 15 is 0 Å². The van der Waals surface area contributed by atoms with E-state index in [-0.39, 0.29) is 16.8 Å². The van der Waals surface area contributed by atoms with Crippen LogP contribution < -0.4 is 0 Å². The molecule has 2 aromatic carbocycles. The molecule has 34 heavy (non-hydrogen) atoms. The minimum atomic E-state index is -3.63. The number of imide groups is 1. The zero-order valence-electron chi connectivity index (χ0n) is 17.6. The van der Waals surface area contributed by atoms with Gasteiger partial charge in [-0.05, 0) is 18.1 Å². The van der Waals surface area contributed by atoms with E-state index in [1.54, 1.807) is 0 Å². The van der Waals surface area contributed by atoms with Gasteiger partial charge in [-0.2, -0.15) is 0 Å². The highest BCUT2D eigenvalue weighted by atomic mass is 32.2. The third-order valence-corrected chi connectivity index (χ3v) is 5.95. The number of carbonyl (C=O) groups excluding carboxylic acids is 3. The standard InChI is InChI=1S/C20H17N3O10S/c1-34(31,32)9-8-16(20(26)33-11-12-4-2-5-13(10-12)22(27)28)21-18(24)14-6-3-7-15(23(29)30)17(14)19(21)25/h2-7,10,16H,8-9,11H2,1H3/t16-/m1/s1. The van der Waals surface area contributed by atoms with Crippen LogP contribution in [0.4, 0.5) is 11.4 Å². The Morgan fingerprint density at radius 1 is 1.06 bits per heavy atom. The van der Waals surface area contributed by atoms with Crippen LogP contribution in [-0.4, -0.2) is 59.0 Å². The van der Waals surface area contributed by atoms with Crippen molar-refractivity contribution in [2.24, 2.45) is 0 Å². The Bertz CT molecular complexity index is 1320. The van der Waals surface area contributed by atoms with Crippen molar-refractivity contribution in [3.8, 4) is 0 Å². The number of amides is 2. The molecule has 14 heteroatoms. The Labute approximate surface area is 192 Å². The number of rotatable bonds is 9. The minimum absolute atomic E-state index is 0.238. The van der Waals surface area contributed by atoms with Gasteiger partial charge in [0.25, 0.3) is 23.2 Å². The zero-order chi connectivity index (χ0) is 25.2. The summed E-state index contributed by atoms with van der Waals surface area (Å²) in [6.07, 6.45) is 0.386. The number of nitro groups is 2. The Balaban J connectivity index is 1.91. The Morgan fingerprint density at radius 2 is 1.74 bits per heavy atom. The molecule has 0 saturated heterocycles. The van der Waals surface area contributed by atoms with Crippen LogP contribution in [0.5, 0.6) is 0 Å². The van der Waals surface area contributed by atoms with Gasteiger partial charge >= 0.3 is 5.97 Å². The van der Waals surface area contributed by atoms with Crippen molar-refractivity contribution < 1.29 is 37.4 Å². The summed E-state index contributed by atoms with van der Waals surface area (Å²) >= 11 is 0. The molecular formula is C20H17N3O10S. The van der Waals surface area contributed by atoms with Crippen LogP contribution >= 0.6 is 0 Å². The van der Waals surface area contributed by atoms with Gasteiger partial charge < -0.3 is 4.74 Å². The minimum Gasteiger partial charge on any atom is -0.459 e. The fraction of sp³-hybridized carbons (Fsp3) is 0.250. The second kappa shape index (κ2) is 9.35. The summed E-state index contributed by atoms with van der Waals surface area (Å²) in [4.78, 5) is 59.9. The fourth-order valence-electron chi connectivity index (χ4n) is 3.41. The number of esters is 1. The fourth-order valence-corrected chi connectivity index (χ4v) is 4.06. The highest BCUT2D eigenvalue weighted by molar-refractivity contribution is 7.90. The molecule has 0 aromatic heterocycles. The first-order chi connectivity index (χ1) is 15.9. The normalized spacial score (nSPS) is 14.0. The Morgan fingerprint density at radius 3 is 2.35 bits per heavy atom. The van der Waals surface area contributed by atoms with Crippen LogP contribution in [0.3, 0.4) is 0 Å². The predicted octanol–water partition coefficient (Wildman–Crippen LogP) is 1.65. The molecule has 178 valence electrons. The molecule has 0 unspecified atom stereocenters. The van der Waals surface area contributed by atoms with Crippen LogP contribution in [0.2, 0.25) is 0 Å². The smallest absolute Gasteiger partial charge is 0.329 e. The molecule has 13 nitrogen and oxygen atoms in total. The summed E-state index contributed by atoms with van der Waals surface area (Å²) < 4.78 is 28.5. The lowest BCUT2D eigenvalue weighted by molar-refractivity contribution is -0.385. The van der Waals surface area contributed by atoms with Crippen molar-refractivity contribution >= 4 is 39.0 Å². The van der Waals surface area contributed by atoms with Gasteiger partial charge in [-0.25, -0.2) is 13.2 Å². The number of nitrogens with zero attached hydrogens (tertiary/aromatic N) is 3. The second-order valence-corrected chi connectivity index (χ2v) is 9.67. The van der Waals surface area contributed by atoms with Crippen molar-refractivity contribution in [1.29, 1.82) is 0 Å². The van der Waals surface area contributed by atoms with Gasteiger partial charge in [0.2, 0.25) is 0 Å². The van der Waals surface area contributed by atoms with Crippen LogP contribution in [0.1, 0.15) is 32.7 Å². The van der Waals surface area contributed by atoms with Gasteiger partial charge in [0.15, 0.2) is 0 Å². The Hall–Kier alpha value is -4.20. The number of benzene rings is 2. The van der Waals surface area contributed by atoms with Crippen molar-refractivity contribution in [2.45, 2.75) is 19.1 Å². The lowest BCUT2D eigenvalue weighted by atomic mass is 10.1. The van der Waals surface area contributed by atoms with E-state index in [1.165, 1.54) is 30.3 Å². The molecular weight excluding hydrogens is 474 g/mol. The molecule has 3 rings (SSSR count). The summed E-state index contributed by atoms with van der Waals surface area (Å²) in [6.45, 7) is -0.459. The molecule has 0 N–H and O–H groups in total. The van der Waals surface area contributed by atoms with Crippen molar-refractivity contribution in [1.82, 2.24) is 4.90 Å². The molecule has 2 aromatic rings. The van der Waals surface area contributed by atoms with Crippen LogP contribution in [0.15, 0.2) is 42.5 Å². The molecule has 2 amide bonds. The summed E-state index contributed by atoms with van der Waals surface area (Å²) in [6, 6.07) is 6.92. The molecule has 1 heterocycles. The third kappa shape index (κ3) is 5.06. The first-order valence-electron chi connectivity index (χ1n) is 9.63. The molecule has 0 spiro atoms. The number of hydrogen-bond acceptors (Lipinski definition) is 10. The summed E-state index contributed by atoms with van der Waals surface area (Å²) in [5, 5.41) is 22.2. The average molecular weight is 491 g/mol. The van der Waals surface area contributed by atoms with Crippen molar-refractivity contribution in [2.75, 3.05) is 12.0 Å². The van der Waals surface area contributed by atoms with Crippen molar-refractivity contribution in [3.05, 3.63) is 79.4 Å². The maximum Gasteiger partial charge on any atom is 0.329 e. The van der Waals surface area contributed by atoms with Gasteiger partial charge in [-0.15, -0.1) is 0 Å². The SMILES string of the molecule is CS(=O)(=O)CC[C@H](C(=O)OCc1cccc([N+](=O)[O-])c1)N1C(=O)c2cccc([N+](=O)[O-])c2C1=O. The van der Waals surface area contributed by atoms with E-state index in [1.807, 2.05) is 0 Å². The molecule has 0 radical (unpaired) electrons. The van der Waals surface area contributed by atoms with E-state index in [0.717, 1.165) is 18.4 Å². The number of nitro benzene ring substituents is 2. The molecule has 1 aliphatic rings. The maximum absolute atomic E-state index is 13.0. The second-order valence-electron chi connectivity index (χ2n) is 7.41. The van der Waals surface area contributed by atoms with Crippen LogP contribution in [0.25, 0.3) is 0 Å². The summed E-state index contributed by atoms with van der Waals surface area (Å²) in [5.74, 6) is -3.86. The van der Waals surface area contributed by atoms with E-state index in [2.05, 4.69) is 0 Å². The first-order valence-corrected chi connectivity index (χ1v) is 11.7. The number of ether oxygens (including phenoxy) is 1. The number of carbonyl (C=O) groups is 3. The van der Waals surface area contributed by atoms with Gasteiger partial charge in [-0.1, -0.05) is 18.2 Å². The molecule has 0 aliphatic carbocycles. The molecule has 0 saturated carbocycles. The van der Waals surface area contributed by atoms with Gasteiger partial charge in [0.05, 0.1) is 21.2 Å². The van der Waals surface area contributed by atoms with E-state index in [4.69, 9.17) is 4.74 Å². The molecule has 1 atom stereocenters. The van der Waals surface area contributed by atoms with E-state index < -0.39 is 73.5 Å². The molecule has 0 bridgehead atoms. The van der Waals surface area contributed by atoms with Crippen LogP contribution in [0, 0.1) is 20.2 Å². The largest absolute Gasteiger partial charge is 0.459 e. The average Bonchev–Trinajstić information content (AvgIpc) is 3.02. The predicted molar refractivity (Wildman–Crippen MR) is 115 cm³/mol. The third-order valence-electron chi connectivity index (χ3n) is 4.97. The molecule has 0 fully saturated rings.